The minimum absolute atomic E-state index is 0. The Morgan fingerprint density at radius 1 is 1.06 bits per heavy atom. The lowest BCUT2D eigenvalue weighted by Crippen LogP contribution is -2.45. The average Bonchev–Trinajstić information content (AvgIpc) is 3.12. The molecular formula is C22H32N8O. The Morgan fingerprint density at radius 3 is 2.45 bits per heavy atom. The molecule has 3 aromatic rings. The third-order valence-corrected chi connectivity index (χ3v) is 5.78. The molecule has 1 fully saturated rings. The molecule has 31 heavy (non-hydrogen) atoms. The van der Waals surface area contributed by atoms with E-state index in [-0.39, 0.29) is 11.5 Å². The molecule has 0 bridgehead atoms. The largest absolute Gasteiger partial charge is 0.412 e. The fourth-order valence-corrected chi connectivity index (χ4v) is 3.86. The first kappa shape index (κ1) is 22.7. The lowest BCUT2D eigenvalue weighted by atomic mass is 9.91. The maximum atomic E-state index is 6.08. The second-order valence-electron chi connectivity index (χ2n) is 7.95. The molecule has 9 nitrogen and oxygen atoms in total. The average molecular weight is 425 g/mol. The van der Waals surface area contributed by atoms with E-state index >= 15 is 0 Å². The Labute approximate surface area is 182 Å². The summed E-state index contributed by atoms with van der Waals surface area (Å²) >= 11 is 0. The van der Waals surface area contributed by atoms with Crippen molar-refractivity contribution in [3.05, 3.63) is 54.4 Å². The maximum Gasteiger partial charge on any atom is 0.223 e. The lowest BCUT2D eigenvalue weighted by molar-refractivity contribution is 0.302. The first-order chi connectivity index (χ1) is 14.6. The van der Waals surface area contributed by atoms with Crippen molar-refractivity contribution in [1.82, 2.24) is 30.6 Å². The number of rotatable bonds is 7. The molecule has 1 aromatic carbocycles. The number of anilines is 2. The molecule has 1 atom stereocenters. The summed E-state index contributed by atoms with van der Waals surface area (Å²) in [5.74, 6) is 1.24. The van der Waals surface area contributed by atoms with Crippen LogP contribution in [0.2, 0.25) is 0 Å². The molecule has 0 radical (unpaired) electrons. The van der Waals surface area contributed by atoms with E-state index in [9.17, 15) is 0 Å². The molecule has 7 N–H and O–H groups in total. The standard InChI is InChI=1S/C22H30N8.H2O/c1-15(16-6-4-3-5-7-16)28-29-18-10-8-17(9-11-18)26-22-24-13-12-20(27-22)19-14-25-30(2)21(19)23;/h3-7,12-15,17-18,28-29H,8-11,23H2,1-2H3,(H,24,26,27);1H2. The Kier molecular flexibility index (Phi) is 7.56. The van der Waals surface area contributed by atoms with Crippen molar-refractivity contribution in [3.8, 4) is 11.3 Å². The van der Waals surface area contributed by atoms with E-state index in [1.165, 1.54) is 5.56 Å². The van der Waals surface area contributed by atoms with E-state index in [0.29, 0.717) is 23.8 Å². The monoisotopic (exact) mass is 424 g/mol. The Hall–Kier alpha value is -3.01. The van der Waals surface area contributed by atoms with Gasteiger partial charge in [0.1, 0.15) is 5.82 Å². The minimum atomic E-state index is 0. The summed E-state index contributed by atoms with van der Waals surface area (Å²) in [6.45, 7) is 2.18. The summed E-state index contributed by atoms with van der Waals surface area (Å²) in [6.07, 6.45) is 7.84. The second-order valence-corrected chi connectivity index (χ2v) is 7.95. The van der Waals surface area contributed by atoms with Crippen LogP contribution in [0.1, 0.15) is 44.2 Å². The molecular weight excluding hydrogens is 392 g/mol. The highest BCUT2D eigenvalue weighted by Gasteiger charge is 2.22. The molecule has 4 rings (SSSR count). The molecule has 0 spiro atoms. The maximum absolute atomic E-state index is 6.08. The number of benzene rings is 1. The van der Waals surface area contributed by atoms with Gasteiger partial charge < -0.3 is 16.5 Å². The van der Waals surface area contributed by atoms with Crippen LogP contribution in [0.4, 0.5) is 11.8 Å². The third kappa shape index (κ3) is 5.57. The van der Waals surface area contributed by atoms with Gasteiger partial charge in [-0.15, -0.1) is 0 Å². The molecule has 1 saturated carbocycles. The molecule has 1 aliphatic rings. The van der Waals surface area contributed by atoms with E-state index in [1.54, 1.807) is 17.1 Å². The van der Waals surface area contributed by atoms with E-state index in [2.05, 4.69) is 62.4 Å². The predicted octanol–water partition coefficient (Wildman–Crippen LogP) is 2.21. The van der Waals surface area contributed by atoms with Crippen LogP contribution in [0.5, 0.6) is 0 Å². The Balaban J connectivity index is 0.00000272. The Bertz CT molecular complexity index is 953. The zero-order valence-electron chi connectivity index (χ0n) is 18.0. The van der Waals surface area contributed by atoms with Crippen molar-refractivity contribution in [2.75, 3.05) is 11.1 Å². The van der Waals surface area contributed by atoms with Gasteiger partial charge in [-0.2, -0.15) is 5.10 Å². The van der Waals surface area contributed by atoms with Crippen LogP contribution in [-0.2, 0) is 7.05 Å². The highest BCUT2D eigenvalue weighted by Crippen LogP contribution is 2.25. The number of hydrogen-bond donors (Lipinski definition) is 4. The fourth-order valence-electron chi connectivity index (χ4n) is 3.86. The number of aromatic nitrogens is 4. The van der Waals surface area contributed by atoms with E-state index in [0.717, 1.165) is 36.9 Å². The highest BCUT2D eigenvalue weighted by molar-refractivity contribution is 5.70. The van der Waals surface area contributed by atoms with Gasteiger partial charge in [0.2, 0.25) is 5.95 Å². The zero-order valence-corrected chi connectivity index (χ0v) is 18.0. The van der Waals surface area contributed by atoms with Crippen molar-refractivity contribution in [1.29, 1.82) is 0 Å². The Morgan fingerprint density at radius 2 is 1.77 bits per heavy atom. The topological polar surface area (TPSA) is 137 Å². The van der Waals surface area contributed by atoms with Gasteiger partial charge in [0.05, 0.1) is 17.5 Å². The van der Waals surface area contributed by atoms with Crippen molar-refractivity contribution in [2.45, 2.75) is 50.7 Å². The lowest BCUT2D eigenvalue weighted by Gasteiger charge is -2.31. The molecule has 0 amide bonds. The molecule has 0 saturated heterocycles. The van der Waals surface area contributed by atoms with E-state index in [4.69, 9.17) is 5.73 Å². The van der Waals surface area contributed by atoms with Gasteiger partial charge in [0.15, 0.2) is 0 Å². The number of hydrazine groups is 1. The van der Waals surface area contributed by atoms with Crippen LogP contribution in [0, 0.1) is 0 Å². The van der Waals surface area contributed by atoms with E-state index in [1.807, 2.05) is 19.2 Å². The van der Waals surface area contributed by atoms with Gasteiger partial charge in [-0.3, -0.25) is 15.5 Å². The summed E-state index contributed by atoms with van der Waals surface area (Å²) in [7, 11) is 1.82. The quantitative estimate of drug-likeness (QED) is 0.427. The smallest absolute Gasteiger partial charge is 0.223 e. The van der Waals surface area contributed by atoms with Crippen LogP contribution >= 0.6 is 0 Å². The van der Waals surface area contributed by atoms with Gasteiger partial charge in [0, 0.05) is 31.4 Å². The van der Waals surface area contributed by atoms with Crippen LogP contribution in [0.25, 0.3) is 11.3 Å². The molecule has 1 unspecified atom stereocenters. The van der Waals surface area contributed by atoms with Crippen molar-refractivity contribution in [3.63, 3.8) is 0 Å². The van der Waals surface area contributed by atoms with Crippen LogP contribution in [0.3, 0.4) is 0 Å². The van der Waals surface area contributed by atoms with Crippen LogP contribution in [-0.4, -0.2) is 37.3 Å². The molecule has 2 aromatic heterocycles. The summed E-state index contributed by atoms with van der Waals surface area (Å²) in [6, 6.07) is 13.5. The first-order valence-corrected chi connectivity index (χ1v) is 10.5. The number of nitrogens with zero attached hydrogens (tertiary/aromatic N) is 4. The summed E-state index contributed by atoms with van der Waals surface area (Å²) in [5, 5.41) is 7.68. The second kappa shape index (κ2) is 10.3. The number of hydrogen-bond acceptors (Lipinski definition) is 7. The molecule has 9 heteroatoms. The number of nitrogen functional groups attached to an aromatic ring is 1. The first-order valence-electron chi connectivity index (χ1n) is 10.5. The SMILES string of the molecule is CC(NNC1CCC(Nc2nccc(-c3cnn(C)c3N)n2)CC1)c1ccccc1.O. The fraction of sp³-hybridized carbons (Fsp3) is 0.409. The van der Waals surface area contributed by atoms with Crippen molar-refractivity contribution >= 4 is 11.8 Å². The molecule has 2 heterocycles. The zero-order chi connectivity index (χ0) is 20.9. The van der Waals surface area contributed by atoms with Crippen LogP contribution < -0.4 is 21.9 Å². The van der Waals surface area contributed by atoms with Gasteiger partial charge in [0.25, 0.3) is 0 Å². The van der Waals surface area contributed by atoms with Crippen molar-refractivity contribution < 1.29 is 5.48 Å². The van der Waals surface area contributed by atoms with Gasteiger partial charge in [-0.25, -0.2) is 9.97 Å². The van der Waals surface area contributed by atoms with Gasteiger partial charge in [-0.05, 0) is 44.2 Å². The third-order valence-electron chi connectivity index (χ3n) is 5.78. The summed E-state index contributed by atoms with van der Waals surface area (Å²) < 4.78 is 1.64. The molecule has 166 valence electrons. The van der Waals surface area contributed by atoms with E-state index < -0.39 is 0 Å². The number of aryl methyl sites for hydroxylation is 1. The normalized spacial score (nSPS) is 19.4. The van der Waals surface area contributed by atoms with Crippen molar-refractivity contribution in [2.24, 2.45) is 7.05 Å². The predicted molar refractivity (Wildman–Crippen MR) is 123 cm³/mol. The highest BCUT2D eigenvalue weighted by atomic mass is 16.0. The van der Waals surface area contributed by atoms with Gasteiger partial charge >= 0.3 is 0 Å². The number of nitrogens with two attached hydrogens (primary N) is 1. The summed E-state index contributed by atoms with van der Waals surface area (Å²) in [5.41, 5.74) is 15.9. The summed E-state index contributed by atoms with van der Waals surface area (Å²) in [4.78, 5) is 9.03. The van der Waals surface area contributed by atoms with Crippen LogP contribution in [0.15, 0.2) is 48.8 Å². The van der Waals surface area contributed by atoms with Gasteiger partial charge in [-0.1, -0.05) is 30.3 Å². The molecule has 0 aliphatic heterocycles. The minimum Gasteiger partial charge on any atom is -0.412 e. The number of nitrogens with one attached hydrogen (secondary N) is 3. The molecule has 1 aliphatic carbocycles.